The number of piperidine rings is 1. The summed E-state index contributed by atoms with van der Waals surface area (Å²) in [5.41, 5.74) is 0. The molecular formula is C19H29N3O2. The van der Waals surface area contributed by atoms with Crippen LogP contribution in [-0.2, 0) is 4.79 Å². The van der Waals surface area contributed by atoms with Gasteiger partial charge in [-0.05, 0) is 63.4 Å². The lowest BCUT2D eigenvalue weighted by atomic mass is 9.88. The maximum Gasteiger partial charge on any atom is 0.234 e. The van der Waals surface area contributed by atoms with E-state index in [1.54, 1.807) is 0 Å². The molecule has 5 nitrogen and oxygen atoms in total. The second-order valence-corrected chi connectivity index (χ2v) is 6.83. The molecule has 2 heterocycles. The van der Waals surface area contributed by atoms with Crippen molar-refractivity contribution >= 4 is 5.91 Å². The van der Waals surface area contributed by atoms with Gasteiger partial charge >= 0.3 is 0 Å². The minimum atomic E-state index is 0.101. The number of ether oxygens (including phenoxy) is 1. The highest BCUT2D eigenvalue weighted by Gasteiger charge is 2.28. The Bertz CT molecular complexity index is 495. The van der Waals surface area contributed by atoms with Crippen molar-refractivity contribution in [1.82, 2.24) is 15.5 Å². The Hall–Kier alpha value is -1.59. The van der Waals surface area contributed by atoms with Gasteiger partial charge in [0, 0.05) is 6.04 Å². The van der Waals surface area contributed by atoms with Gasteiger partial charge in [0.1, 0.15) is 12.4 Å². The van der Waals surface area contributed by atoms with Crippen molar-refractivity contribution in [3.05, 3.63) is 30.3 Å². The number of hydrogen-bond donors (Lipinski definition) is 2. The smallest absolute Gasteiger partial charge is 0.234 e. The zero-order chi connectivity index (χ0) is 16.6. The van der Waals surface area contributed by atoms with Gasteiger partial charge in [0.2, 0.25) is 5.91 Å². The zero-order valence-electron chi connectivity index (χ0n) is 14.4. The van der Waals surface area contributed by atoms with Crippen molar-refractivity contribution in [1.29, 1.82) is 0 Å². The summed E-state index contributed by atoms with van der Waals surface area (Å²) in [7, 11) is 0. The van der Waals surface area contributed by atoms with Crippen LogP contribution in [0.2, 0.25) is 0 Å². The van der Waals surface area contributed by atoms with Crippen LogP contribution in [0.25, 0.3) is 0 Å². The third-order valence-corrected chi connectivity index (χ3v) is 5.10. The predicted octanol–water partition coefficient (Wildman–Crippen LogP) is 1.65. The Kier molecular flexibility index (Phi) is 6.49. The summed E-state index contributed by atoms with van der Waals surface area (Å²) in [5, 5.41) is 6.57. The first kappa shape index (κ1) is 17.2. The topological polar surface area (TPSA) is 53.6 Å². The average Bonchev–Trinajstić information content (AvgIpc) is 3.15. The Morgan fingerprint density at radius 2 is 2.00 bits per heavy atom. The molecule has 2 saturated heterocycles. The van der Waals surface area contributed by atoms with Gasteiger partial charge in [0.25, 0.3) is 0 Å². The molecule has 2 aliphatic rings. The molecule has 132 valence electrons. The van der Waals surface area contributed by atoms with Gasteiger partial charge in [-0.1, -0.05) is 18.2 Å². The van der Waals surface area contributed by atoms with Crippen LogP contribution < -0.4 is 15.4 Å². The maximum atomic E-state index is 12.0. The fourth-order valence-electron chi connectivity index (χ4n) is 3.76. The molecule has 2 aliphatic heterocycles. The van der Waals surface area contributed by atoms with Crippen LogP contribution in [0.4, 0.5) is 0 Å². The SMILES string of the molecule is O=C(CN1CCC(C2CCCN2)CC1)NCCOc1ccccc1. The van der Waals surface area contributed by atoms with Crippen LogP contribution in [0.1, 0.15) is 25.7 Å². The minimum absolute atomic E-state index is 0.101. The highest BCUT2D eigenvalue weighted by molar-refractivity contribution is 5.78. The van der Waals surface area contributed by atoms with E-state index >= 15 is 0 Å². The molecule has 1 atom stereocenters. The van der Waals surface area contributed by atoms with Gasteiger partial charge in [-0.2, -0.15) is 0 Å². The molecule has 0 saturated carbocycles. The van der Waals surface area contributed by atoms with Crippen molar-refractivity contribution in [2.24, 2.45) is 5.92 Å². The van der Waals surface area contributed by atoms with Crippen molar-refractivity contribution < 1.29 is 9.53 Å². The van der Waals surface area contributed by atoms with E-state index in [-0.39, 0.29) is 5.91 Å². The molecule has 0 aliphatic carbocycles. The Labute approximate surface area is 144 Å². The summed E-state index contributed by atoms with van der Waals surface area (Å²) >= 11 is 0. The van der Waals surface area contributed by atoms with E-state index in [2.05, 4.69) is 15.5 Å². The van der Waals surface area contributed by atoms with E-state index in [0.29, 0.717) is 19.7 Å². The predicted molar refractivity (Wildman–Crippen MR) is 95.1 cm³/mol. The highest BCUT2D eigenvalue weighted by atomic mass is 16.5. The van der Waals surface area contributed by atoms with Crippen LogP contribution in [0.5, 0.6) is 5.75 Å². The summed E-state index contributed by atoms with van der Waals surface area (Å²) in [4.78, 5) is 14.3. The number of rotatable bonds is 7. The maximum absolute atomic E-state index is 12.0. The monoisotopic (exact) mass is 331 g/mol. The summed E-state index contributed by atoms with van der Waals surface area (Å²) in [6.45, 7) is 4.82. The fourth-order valence-corrected chi connectivity index (χ4v) is 3.76. The van der Waals surface area contributed by atoms with E-state index in [4.69, 9.17) is 4.74 Å². The van der Waals surface area contributed by atoms with E-state index in [1.165, 1.54) is 32.2 Å². The summed E-state index contributed by atoms with van der Waals surface area (Å²) in [6, 6.07) is 10.4. The number of nitrogens with one attached hydrogen (secondary N) is 2. The second-order valence-electron chi connectivity index (χ2n) is 6.83. The molecule has 1 unspecified atom stereocenters. The second kappa shape index (κ2) is 9.04. The quantitative estimate of drug-likeness (QED) is 0.746. The average molecular weight is 331 g/mol. The third kappa shape index (κ3) is 5.21. The summed E-state index contributed by atoms with van der Waals surface area (Å²) in [5.74, 6) is 1.74. The van der Waals surface area contributed by atoms with Crippen molar-refractivity contribution in [2.45, 2.75) is 31.7 Å². The molecule has 0 spiro atoms. The van der Waals surface area contributed by atoms with Gasteiger partial charge in [-0.3, -0.25) is 9.69 Å². The molecule has 5 heteroatoms. The van der Waals surface area contributed by atoms with E-state index in [9.17, 15) is 4.79 Å². The van der Waals surface area contributed by atoms with E-state index in [0.717, 1.165) is 30.8 Å². The zero-order valence-corrected chi connectivity index (χ0v) is 14.4. The number of carbonyl (C=O) groups excluding carboxylic acids is 1. The van der Waals surface area contributed by atoms with Gasteiger partial charge in [0.05, 0.1) is 13.1 Å². The molecule has 3 rings (SSSR count). The molecule has 0 aromatic heterocycles. The fraction of sp³-hybridized carbons (Fsp3) is 0.632. The minimum Gasteiger partial charge on any atom is -0.492 e. The Morgan fingerprint density at radius 3 is 2.71 bits per heavy atom. The molecule has 2 fully saturated rings. The number of hydrogen-bond acceptors (Lipinski definition) is 4. The summed E-state index contributed by atoms with van der Waals surface area (Å²) in [6.07, 6.45) is 5.06. The molecule has 1 aromatic rings. The van der Waals surface area contributed by atoms with E-state index in [1.807, 2.05) is 30.3 Å². The van der Waals surface area contributed by atoms with Gasteiger partial charge in [-0.25, -0.2) is 0 Å². The Morgan fingerprint density at radius 1 is 1.21 bits per heavy atom. The number of para-hydroxylation sites is 1. The molecule has 2 N–H and O–H groups in total. The molecule has 0 radical (unpaired) electrons. The third-order valence-electron chi connectivity index (χ3n) is 5.10. The first-order valence-electron chi connectivity index (χ1n) is 9.21. The molecular weight excluding hydrogens is 302 g/mol. The van der Waals surface area contributed by atoms with Crippen LogP contribution in [0, 0.1) is 5.92 Å². The molecule has 1 amide bonds. The van der Waals surface area contributed by atoms with Gasteiger partial charge < -0.3 is 15.4 Å². The van der Waals surface area contributed by atoms with Crippen LogP contribution in [0.3, 0.4) is 0 Å². The van der Waals surface area contributed by atoms with Crippen LogP contribution in [-0.4, -0.2) is 56.2 Å². The van der Waals surface area contributed by atoms with Crippen molar-refractivity contribution in [3.63, 3.8) is 0 Å². The lowest BCUT2D eigenvalue weighted by Gasteiger charge is -2.34. The first-order valence-corrected chi connectivity index (χ1v) is 9.21. The van der Waals surface area contributed by atoms with Crippen molar-refractivity contribution in [2.75, 3.05) is 39.3 Å². The number of amides is 1. The molecule has 1 aromatic carbocycles. The molecule has 24 heavy (non-hydrogen) atoms. The lowest BCUT2D eigenvalue weighted by Crippen LogP contribution is -2.45. The number of benzene rings is 1. The number of carbonyl (C=O) groups is 1. The van der Waals surface area contributed by atoms with Gasteiger partial charge in [-0.15, -0.1) is 0 Å². The van der Waals surface area contributed by atoms with Gasteiger partial charge in [0.15, 0.2) is 0 Å². The molecule has 0 bridgehead atoms. The first-order chi connectivity index (χ1) is 11.8. The lowest BCUT2D eigenvalue weighted by molar-refractivity contribution is -0.122. The largest absolute Gasteiger partial charge is 0.492 e. The van der Waals surface area contributed by atoms with Crippen molar-refractivity contribution in [3.8, 4) is 5.75 Å². The Balaban J connectivity index is 1.27. The summed E-state index contributed by atoms with van der Waals surface area (Å²) < 4.78 is 5.58. The van der Waals surface area contributed by atoms with Crippen LogP contribution in [0.15, 0.2) is 30.3 Å². The number of likely N-dealkylation sites (tertiary alicyclic amines) is 1. The number of nitrogens with zero attached hydrogens (tertiary/aromatic N) is 1. The standard InChI is InChI=1S/C19H29N3O2/c23-19(21-11-14-24-17-5-2-1-3-6-17)15-22-12-8-16(9-13-22)18-7-4-10-20-18/h1-3,5-6,16,18,20H,4,7-15H2,(H,21,23). The normalized spacial score (nSPS) is 22.4. The van der Waals surface area contributed by atoms with E-state index < -0.39 is 0 Å². The highest BCUT2D eigenvalue weighted by Crippen LogP contribution is 2.25. The van der Waals surface area contributed by atoms with Crippen LogP contribution >= 0.6 is 0 Å².